The average Bonchev–Trinajstić information content (AvgIpc) is 3.63. The molecule has 1 aromatic carbocycles. The summed E-state index contributed by atoms with van der Waals surface area (Å²) >= 11 is 0. The highest BCUT2D eigenvalue weighted by atomic mass is 32.2. The Morgan fingerprint density at radius 2 is 2.00 bits per heavy atom. The molecule has 3 heterocycles. The van der Waals surface area contributed by atoms with E-state index < -0.39 is 9.73 Å². The van der Waals surface area contributed by atoms with Crippen molar-refractivity contribution in [1.82, 2.24) is 24.8 Å². The zero-order chi connectivity index (χ0) is 24.6. The molecule has 5 rings (SSSR count). The molecule has 0 radical (unpaired) electrons. The van der Waals surface area contributed by atoms with Crippen LogP contribution in [0.15, 0.2) is 35.1 Å². The van der Waals surface area contributed by atoms with Crippen molar-refractivity contribution in [2.24, 2.45) is 4.36 Å². The Hall–Kier alpha value is -3.62. The minimum Gasteiger partial charge on any atom is -0.324 e. The molecular weight excluding hydrogens is 462 g/mol. The molecule has 0 unspecified atom stereocenters. The zero-order valence-corrected chi connectivity index (χ0v) is 20.8. The highest BCUT2D eigenvalue weighted by molar-refractivity contribution is 7.92. The summed E-state index contributed by atoms with van der Waals surface area (Å²) in [5, 5.41) is 15.9. The lowest BCUT2D eigenvalue weighted by Crippen LogP contribution is -2.27. The molecule has 0 bridgehead atoms. The highest BCUT2D eigenvalue weighted by Gasteiger charge is 2.29. The molecule has 0 spiro atoms. The predicted octanol–water partition coefficient (Wildman–Crippen LogP) is 3.85. The minimum atomic E-state index is -2.38. The van der Waals surface area contributed by atoms with Crippen LogP contribution in [0.4, 0.5) is 29.1 Å². The third kappa shape index (κ3) is 5.55. The number of likely N-dealkylation sites (N-methyl/N-ethyl adjacent to an activating group) is 1. The van der Waals surface area contributed by atoms with Crippen molar-refractivity contribution < 1.29 is 4.21 Å². The van der Waals surface area contributed by atoms with E-state index in [0.29, 0.717) is 23.5 Å². The second-order valence-electron chi connectivity index (χ2n) is 9.32. The van der Waals surface area contributed by atoms with E-state index in [4.69, 9.17) is 0 Å². The number of fused-ring (bicyclic) bond motifs is 1. The van der Waals surface area contributed by atoms with Crippen molar-refractivity contribution in [3.05, 3.63) is 53.0 Å². The first-order valence-electron chi connectivity index (χ1n) is 11.4. The normalized spacial score (nSPS) is 15.7. The fourth-order valence-corrected chi connectivity index (χ4v) is 4.80. The molecule has 35 heavy (non-hydrogen) atoms. The molecular formula is C24H27N9OS. The van der Waals surface area contributed by atoms with Crippen molar-refractivity contribution in [2.45, 2.75) is 31.7 Å². The van der Waals surface area contributed by atoms with Crippen molar-refractivity contribution in [3.63, 3.8) is 0 Å². The van der Waals surface area contributed by atoms with Gasteiger partial charge in [0.25, 0.3) is 0 Å². The number of hydrogen-bond donors (Lipinski definition) is 2. The average molecular weight is 490 g/mol. The standard InChI is InChI=1S/C24H27N9OS/c1-33-7-6-19-16(14-33)8-18(9-20(19)15-4-5-15)28-24-27-11-17(10-25)23(31-24)30-21-12-26-13-22(29-21)32-35(2,3)34/h8-9,11-13,15H,4-7,14H2,1-3H3,(H2,27,28,29,30,31). The molecule has 1 aliphatic heterocycles. The smallest absolute Gasteiger partial charge is 0.229 e. The fraction of sp³-hybridized carbons (Fsp3) is 0.375. The molecule has 2 aliphatic rings. The number of nitrogens with zero attached hydrogens (tertiary/aromatic N) is 7. The Morgan fingerprint density at radius 3 is 2.74 bits per heavy atom. The molecule has 11 heteroatoms. The summed E-state index contributed by atoms with van der Waals surface area (Å²) in [5.41, 5.74) is 5.48. The number of aromatic nitrogens is 4. The third-order valence-corrected chi connectivity index (χ3v) is 6.55. The predicted molar refractivity (Wildman–Crippen MR) is 136 cm³/mol. The van der Waals surface area contributed by atoms with E-state index in [1.807, 2.05) is 0 Å². The van der Waals surface area contributed by atoms with Crippen LogP contribution in [0.25, 0.3) is 0 Å². The Morgan fingerprint density at radius 1 is 1.17 bits per heavy atom. The summed E-state index contributed by atoms with van der Waals surface area (Å²) in [4.78, 5) is 19.6. The van der Waals surface area contributed by atoms with Crippen molar-refractivity contribution >= 4 is 38.8 Å². The van der Waals surface area contributed by atoms with Gasteiger partial charge < -0.3 is 15.5 Å². The van der Waals surface area contributed by atoms with E-state index in [1.165, 1.54) is 60.6 Å². The van der Waals surface area contributed by atoms with Gasteiger partial charge in [-0.2, -0.15) is 14.6 Å². The molecule has 2 N–H and O–H groups in total. The molecule has 10 nitrogen and oxygen atoms in total. The first kappa shape index (κ1) is 23.1. The summed E-state index contributed by atoms with van der Waals surface area (Å²) in [5.74, 6) is 1.89. The van der Waals surface area contributed by atoms with Gasteiger partial charge in [-0.1, -0.05) is 0 Å². The molecule has 0 amide bonds. The number of hydrogen-bond acceptors (Lipinski definition) is 10. The number of nitrogens with one attached hydrogen (secondary N) is 2. The monoisotopic (exact) mass is 489 g/mol. The SMILES string of the molecule is CN1CCc2c(cc(Nc3ncc(C#N)c(Nc4cncc(N=S(C)(C)=O)n4)n3)cc2C2CC2)C1. The largest absolute Gasteiger partial charge is 0.324 e. The van der Waals surface area contributed by atoms with Crippen LogP contribution in [0, 0.1) is 11.3 Å². The molecule has 3 aromatic rings. The van der Waals surface area contributed by atoms with Crippen LogP contribution in [0.2, 0.25) is 0 Å². The minimum absolute atomic E-state index is 0.238. The maximum atomic E-state index is 12.0. The molecule has 1 aliphatic carbocycles. The van der Waals surface area contributed by atoms with E-state index in [1.54, 1.807) is 0 Å². The van der Waals surface area contributed by atoms with Crippen LogP contribution < -0.4 is 10.6 Å². The number of nitriles is 1. The Kier molecular flexibility index (Phi) is 6.08. The lowest BCUT2D eigenvalue weighted by atomic mass is 9.91. The van der Waals surface area contributed by atoms with Gasteiger partial charge in [0.2, 0.25) is 5.95 Å². The molecule has 1 saturated carbocycles. The number of benzene rings is 1. The Bertz CT molecular complexity index is 1440. The summed E-state index contributed by atoms with van der Waals surface area (Å²) in [6.07, 6.45) is 11.0. The number of rotatable bonds is 6. The van der Waals surface area contributed by atoms with Gasteiger partial charge in [-0.05, 0) is 61.1 Å². The second-order valence-corrected chi connectivity index (χ2v) is 11.9. The van der Waals surface area contributed by atoms with Crippen molar-refractivity contribution in [1.29, 1.82) is 5.26 Å². The summed E-state index contributed by atoms with van der Waals surface area (Å²) in [6, 6.07) is 6.50. The summed E-state index contributed by atoms with van der Waals surface area (Å²) in [6.45, 7) is 2.01. The summed E-state index contributed by atoms with van der Waals surface area (Å²) < 4.78 is 16.1. The van der Waals surface area contributed by atoms with Gasteiger partial charge in [0.1, 0.15) is 11.6 Å². The van der Waals surface area contributed by atoms with Gasteiger partial charge >= 0.3 is 0 Å². The second kappa shape index (κ2) is 9.20. The van der Waals surface area contributed by atoms with Gasteiger partial charge in [-0.3, -0.25) is 4.98 Å². The molecule has 1 fully saturated rings. The summed E-state index contributed by atoms with van der Waals surface area (Å²) in [7, 11) is -0.238. The van der Waals surface area contributed by atoms with Crippen LogP contribution in [0.5, 0.6) is 0 Å². The molecule has 180 valence electrons. The maximum Gasteiger partial charge on any atom is 0.229 e. The van der Waals surface area contributed by atoms with Gasteiger partial charge in [-0.15, -0.1) is 0 Å². The Labute approximate surface area is 205 Å². The first-order chi connectivity index (χ1) is 16.8. The van der Waals surface area contributed by atoms with E-state index in [9.17, 15) is 9.47 Å². The Balaban J connectivity index is 1.44. The molecule has 0 saturated heterocycles. The third-order valence-electron chi connectivity index (χ3n) is 5.92. The van der Waals surface area contributed by atoms with Crippen LogP contribution in [0.1, 0.15) is 41.0 Å². The number of anilines is 4. The lowest BCUT2D eigenvalue weighted by Gasteiger charge is -2.28. The lowest BCUT2D eigenvalue weighted by molar-refractivity contribution is 0.312. The van der Waals surface area contributed by atoms with E-state index in [-0.39, 0.29) is 11.4 Å². The van der Waals surface area contributed by atoms with E-state index in [2.05, 4.69) is 65.1 Å². The fourth-order valence-electron chi connectivity index (χ4n) is 4.26. The van der Waals surface area contributed by atoms with Crippen LogP contribution in [-0.2, 0) is 22.7 Å². The topological polar surface area (TPSA) is 132 Å². The van der Waals surface area contributed by atoms with Gasteiger partial charge in [0.05, 0.1) is 18.6 Å². The van der Waals surface area contributed by atoms with E-state index >= 15 is 0 Å². The maximum absolute atomic E-state index is 12.0. The van der Waals surface area contributed by atoms with Crippen LogP contribution >= 0.6 is 0 Å². The molecule has 0 atom stereocenters. The van der Waals surface area contributed by atoms with Gasteiger partial charge in [0.15, 0.2) is 17.5 Å². The van der Waals surface area contributed by atoms with Gasteiger partial charge in [0, 0.05) is 41.0 Å². The van der Waals surface area contributed by atoms with E-state index in [0.717, 1.165) is 25.2 Å². The van der Waals surface area contributed by atoms with Crippen LogP contribution in [-0.4, -0.2) is 55.1 Å². The quantitative estimate of drug-likeness (QED) is 0.530. The molecule has 2 aromatic heterocycles. The van der Waals surface area contributed by atoms with Gasteiger partial charge in [-0.25, -0.2) is 14.2 Å². The first-order valence-corrected chi connectivity index (χ1v) is 13.7. The zero-order valence-electron chi connectivity index (χ0n) is 19.9. The highest BCUT2D eigenvalue weighted by Crippen LogP contribution is 2.44. The van der Waals surface area contributed by atoms with Crippen LogP contribution in [0.3, 0.4) is 0 Å². The van der Waals surface area contributed by atoms with Crippen molar-refractivity contribution in [3.8, 4) is 6.07 Å². The van der Waals surface area contributed by atoms with Crippen molar-refractivity contribution in [2.75, 3.05) is 36.7 Å².